The number of hydrogen-bond acceptors (Lipinski definition) is 2. The standard InChI is InChI=1S/C18H26N2O/c1-12-5-3-4-6-17(12)15-9-13(2)20(11-15)18(21)14-7-8-16(19)10-14/h3-6,13-16H,7-11,19H2,1-2H3/t13-,14+,15+,16-/m0/s1. The largest absolute Gasteiger partial charge is 0.339 e. The van der Waals surface area contributed by atoms with Crippen LogP contribution in [0.1, 0.15) is 49.7 Å². The second-order valence-corrected chi connectivity index (χ2v) is 6.90. The summed E-state index contributed by atoms with van der Waals surface area (Å²) in [7, 11) is 0. The molecule has 1 heterocycles. The van der Waals surface area contributed by atoms with Gasteiger partial charge in [-0.15, -0.1) is 0 Å². The van der Waals surface area contributed by atoms with Gasteiger partial charge >= 0.3 is 0 Å². The Morgan fingerprint density at radius 1 is 1.24 bits per heavy atom. The summed E-state index contributed by atoms with van der Waals surface area (Å²) in [5.41, 5.74) is 8.71. The van der Waals surface area contributed by atoms with Gasteiger partial charge < -0.3 is 10.6 Å². The van der Waals surface area contributed by atoms with Gasteiger partial charge in [0.2, 0.25) is 5.91 Å². The number of nitrogens with two attached hydrogens (primary N) is 1. The number of rotatable bonds is 2. The van der Waals surface area contributed by atoms with E-state index in [4.69, 9.17) is 5.73 Å². The van der Waals surface area contributed by atoms with Gasteiger partial charge in [-0.1, -0.05) is 24.3 Å². The number of amides is 1. The molecular formula is C18H26N2O. The number of benzene rings is 1. The quantitative estimate of drug-likeness (QED) is 0.908. The maximum Gasteiger partial charge on any atom is 0.226 e. The first-order valence-electron chi connectivity index (χ1n) is 8.18. The van der Waals surface area contributed by atoms with E-state index < -0.39 is 0 Å². The lowest BCUT2D eigenvalue weighted by Crippen LogP contribution is -2.38. The van der Waals surface area contributed by atoms with Crippen LogP contribution < -0.4 is 5.73 Å². The van der Waals surface area contributed by atoms with Crippen LogP contribution in [-0.2, 0) is 4.79 Å². The van der Waals surface area contributed by atoms with Crippen molar-refractivity contribution in [3.63, 3.8) is 0 Å². The van der Waals surface area contributed by atoms with E-state index in [1.54, 1.807) is 0 Å². The van der Waals surface area contributed by atoms with Crippen LogP contribution in [0.2, 0.25) is 0 Å². The average molecular weight is 286 g/mol. The van der Waals surface area contributed by atoms with Gasteiger partial charge in [-0.05, 0) is 50.7 Å². The van der Waals surface area contributed by atoms with Gasteiger partial charge in [0.05, 0.1) is 0 Å². The molecule has 114 valence electrons. The van der Waals surface area contributed by atoms with Crippen LogP contribution in [0.5, 0.6) is 0 Å². The SMILES string of the molecule is Cc1ccccc1[C@@H]1C[C@H](C)N(C(=O)[C@@H]2CC[C@H](N)C2)C1. The van der Waals surface area contributed by atoms with Crippen molar-refractivity contribution in [2.45, 2.75) is 57.5 Å². The predicted molar refractivity (Wildman–Crippen MR) is 85.0 cm³/mol. The summed E-state index contributed by atoms with van der Waals surface area (Å²) in [6.07, 6.45) is 3.92. The van der Waals surface area contributed by atoms with Crippen molar-refractivity contribution in [2.75, 3.05) is 6.54 Å². The van der Waals surface area contributed by atoms with Gasteiger partial charge in [-0.2, -0.15) is 0 Å². The molecule has 1 aromatic rings. The molecule has 0 aromatic heterocycles. The first kappa shape index (κ1) is 14.6. The molecule has 0 spiro atoms. The second-order valence-electron chi connectivity index (χ2n) is 6.90. The number of aryl methyl sites for hydroxylation is 1. The molecule has 2 N–H and O–H groups in total. The van der Waals surface area contributed by atoms with Gasteiger partial charge in [-0.3, -0.25) is 4.79 Å². The maximum absolute atomic E-state index is 12.7. The van der Waals surface area contributed by atoms with Crippen LogP contribution in [0.3, 0.4) is 0 Å². The molecule has 1 amide bonds. The van der Waals surface area contributed by atoms with E-state index in [9.17, 15) is 4.79 Å². The molecule has 3 nitrogen and oxygen atoms in total. The van der Waals surface area contributed by atoms with Crippen molar-refractivity contribution in [2.24, 2.45) is 11.7 Å². The Balaban J connectivity index is 1.71. The summed E-state index contributed by atoms with van der Waals surface area (Å²) in [4.78, 5) is 14.8. The fourth-order valence-corrected chi connectivity index (χ4v) is 4.08. The van der Waals surface area contributed by atoms with Gasteiger partial charge in [0.15, 0.2) is 0 Å². The zero-order valence-corrected chi connectivity index (χ0v) is 13.1. The van der Waals surface area contributed by atoms with Crippen LogP contribution in [0, 0.1) is 12.8 Å². The van der Waals surface area contributed by atoms with Gasteiger partial charge in [-0.25, -0.2) is 0 Å². The second kappa shape index (κ2) is 5.80. The normalized spacial score (nSPS) is 32.6. The van der Waals surface area contributed by atoms with E-state index in [1.165, 1.54) is 11.1 Å². The van der Waals surface area contributed by atoms with E-state index in [1.807, 2.05) is 0 Å². The highest BCUT2D eigenvalue weighted by molar-refractivity contribution is 5.80. The molecule has 1 saturated carbocycles. The first-order chi connectivity index (χ1) is 10.1. The summed E-state index contributed by atoms with van der Waals surface area (Å²) >= 11 is 0. The van der Waals surface area contributed by atoms with Crippen molar-refractivity contribution >= 4 is 5.91 Å². The Kier molecular flexibility index (Phi) is 4.03. The zero-order valence-electron chi connectivity index (χ0n) is 13.1. The van der Waals surface area contributed by atoms with Crippen molar-refractivity contribution < 1.29 is 4.79 Å². The molecule has 1 saturated heterocycles. The number of carbonyl (C=O) groups is 1. The van der Waals surface area contributed by atoms with E-state index >= 15 is 0 Å². The van der Waals surface area contributed by atoms with Crippen LogP contribution in [0.15, 0.2) is 24.3 Å². The van der Waals surface area contributed by atoms with Crippen molar-refractivity contribution in [3.8, 4) is 0 Å². The average Bonchev–Trinajstić information content (AvgIpc) is 3.05. The molecule has 0 radical (unpaired) electrons. The number of likely N-dealkylation sites (tertiary alicyclic amines) is 1. The third-order valence-electron chi connectivity index (χ3n) is 5.31. The predicted octanol–water partition coefficient (Wildman–Crippen LogP) is 2.83. The Hall–Kier alpha value is -1.35. The summed E-state index contributed by atoms with van der Waals surface area (Å²) in [6, 6.07) is 9.14. The van der Waals surface area contributed by atoms with Crippen LogP contribution in [0.25, 0.3) is 0 Å². The van der Waals surface area contributed by atoms with Crippen molar-refractivity contribution in [3.05, 3.63) is 35.4 Å². The molecule has 4 atom stereocenters. The minimum atomic E-state index is 0.165. The van der Waals surface area contributed by atoms with Crippen LogP contribution in [0.4, 0.5) is 0 Å². The lowest BCUT2D eigenvalue weighted by Gasteiger charge is -2.25. The molecule has 0 bridgehead atoms. The molecule has 2 fully saturated rings. The van der Waals surface area contributed by atoms with E-state index in [0.717, 1.165) is 32.2 Å². The highest BCUT2D eigenvalue weighted by Crippen LogP contribution is 2.36. The van der Waals surface area contributed by atoms with E-state index in [-0.39, 0.29) is 12.0 Å². The smallest absolute Gasteiger partial charge is 0.226 e. The first-order valence-corrected chi connectivity index (χ1v) is 8.18. The molecule has 1 aromatic carbocycles. The molecule has 0 unspecified atom stereocenters. The number of hydrogen-bond donors (Lipinski definition) is 1. The molecule has 3 heteroatoms. The molecule has 1 aliphatic carbocycles. The maximum atomic E-state index is 12.7. The highest BCUT2D eigenvalue weighted by Gasteiger charge is 2.38. The molecule has 3 rings (SSSR count). The molecule has 1 aliphatic heterocycles. The minimum Gasteiger partial charge on any atom is -0.339 e. The van der Waals surface area contributed by atoms with Gasteiger partial charge in [0.1, 0.15) is 0 Å². The summed E-state index contributed by atoms with van der Waals surface area (Å²) in [5, 5.41) is 0. The Bertz CT molecular complexity index is 528. The summed E-state index contributed by atoms with van der Waals surface area (Å²) in [5.74, 6) is 0.991. The van der Waals surface area contributed by atoms with Crippen molar-refractivity contribution in [1.29, 1.82) is 0 Å². The number of nitrogens with zero attached hydrogens (tertiary/aromatic N) is 1. The minimum absolute atomic E-state index is 0.165. The number of carbonyl (C=O) groups excluding carboxylic acids is 1. The third kappa shape index (κ3) is 2.84. The summed E-state index contributed by atoms with van der Waals surface area (Å²) < 4.78 is 0. The molecule has 2 aliphatic rings. The van der Waals surface area contributed by atoms with E-state index in [2.05, 4.69) is 43.0 Å². The molecule has 21 heavy (non-hydrogen) atoms. The van der Waals surface area contributed by atoms with Crippen LogP contribution >= 0.6 is 0 Å². The fourth-order valence-electron chi connectivity index (χ4n) is 4.08. The monoisotopic (exact) mass is 286 g/mol. The van der Waals surface area contributed by atoms with Crippen molar-refractivity contribution in [1.82, 2.24) is 4.90 Å². The zero-order chi connectivity index (χ0) is 15.0. The van der Waals surface area contributed by atoms with Gasteiger partial charge in [0, 0.05) is 30.5 Å². The highest BCUT2D eigenvalue weighted by atomic mass is 16.2. The lowest BCUT2D eigenvalue weighted by atomic mass is 9.93. The van der Waals surface area contributed by atoms with E-state index in [0.29, 0.717) is 17.9 Å². The Morgan fingerprint density at radius 3 is 2.67 bits per heavy atom. The van der Waals surface area contributed by atoms with Crippen LogP contribution in [-0.4, -0.2) is 29.4 Å². The lowest BCUT2D eigenvalue weighted by molar-refractivity contribution is -0.135. The summed E-state index contributed by atoms with van der Waals surface area (Å²) in [6.45, 7) is 5.22. The molecular weight excluding hydrogens is 260 g/mol. The fraction of sp³-hybridized carbons (Fsp3) is 0.611. The van der Waals surface area contributed by atoms with Gasteiger partial charge in [0.25, 0.3) is 0 Å². The Morgan fingerprint density at radius 2 is 2.00 bits per heavy atom. The third-order valence-corrected chi connectivity index (χ3v) is 5.31. The topological polar surface area (TPSA) is 46.3 Å². The Labute approximate surface area is 127 Å².